The lowest BCUT2D eigenvalue weighted by Gasteiger charge is -2.10. The Balaban J connectivity index is 2.29. The van der Waals surface area contributed by atoms with Gasteiger partial charge in [0.05, 0.1) is 5.69 Å². The summed E-state index contributed by atoms with van der Waals surface area (Å²) >= 11 is 6.05. The van der Waals surface area contributed by atoms with E-state index in [1.165, 1.54) is 12.1 Å². The van der Waals surface area contributed by atoms with Crippen molar-refractivity contribution >= 4 is 22.4 Å². The summed E-state index contributed by atoms with van der Waals surface area (Å²) in [4.78, 5) is 4.39. The molecule has 100 valence electrons. The predicted octanol–water partition coefficient (Wildman–Crippen LogP) is 4.15. The van der Waals surface area contributed by atoms with Gasteiger partial charge in [-0.25, -0.2) is 4.39 Å². The van der Waals surface area contributed by atoms with Gasteiger partial charge in [-0.3, -0.25) is 4.98 Å². The van der Waals surface area contributed by atoms with Crippen LogP contribution in [-0.2, 0) is 6.54 Å². The van der Waals surface area contributed by atoms with Gasteiger partial charge in [0.2, 0.25) is 0 Å². The smallest absolute Gasteiger partial charge is 0.123 e. The Morgan fingerprint density at radius 1 is 1.05 bits per heavy atom. The van der Waals surface area contributed by atoms with E-state index in [4.69, 9.17) is 17.3 Å². The van der Waals surface area contributed by atoms with Gasteiger partial charge >= 0.3 is 0 Å². The third kappa shape index (κ3) is 2.26. The highest BCUT2D eigenvalue weighted by Gasteiger charge is 2.09. The summed E-state index contributed by atoms with van der Waals surface area (Å²) < 4.78 is 13.0. The van der Waals surface area contributed by atoms with E-state index in [0.29, 0.717) is 11.6 Å². The first kappa shape index (κ1) is 13.0. The summed E-state index contributed by atoms with van der Waals surface area (Å²) in [6.45, 7) is 0.348. The average molecular weight is 287 g/mol. The van der Waals surface area contributed by atoms with Crippen LogP contribution in [0.5, 0.6) is 0 Å². The second-order valence-electron chi connectivity index (χ2n) is 4.52. The molecule has 0 saturated carbocycles. The summed E-state index contributed by atoms with van der Waals surface area (Å²) in [5, 5.41) is 2.59. The molecule has 0 amide bonds. The van der Waals surface area contributed by atoms with Crippen LogP contribution in [0.3, 0.4) is 0 Å². The molecule has 4 heteroatoms. The zero-order valence-electron chi connectivity index (χ0n) is 10.6. The van der Waals surface area contributed by atoms with E-state index in [-0.39, 0.29) is 5.82 Å². The minimum atomic E-state index is -0.257. The monoisotopic (exact) mass is 286 g/mol. The maximum absolute atomic E-state index is 13.0. The molecule has 0 aliphatic carbocycles. The van der Waals surface area contributed by atoms with Crippen LogP contribution >= 0.6 is 11.6 Å². The number of nitrogens with zero attached hydrogens (tertiary/aromatic N) is 1. The fourth-order valence-electron chi connectivity index (χ4n) is 2.29. The summed E-state index contributed by atoms with van der Waals surface area (Å²) in [7, 11) is 0. The van der Waals surface area contributed by atoms with E-state index in [0.717, 1.165) is 27.6 Å². The van der Waals surface area contributed by atoms with Gasteiger partial charge in [0.1, 0.15) is 5.82 Å². The second-order valence-corrected chi connectivity index (χ2v) is 4.96. The van der Waals surface area contributed by atoms with Crippen molar-refractivity contribution in [1.29, 1.82) is 0 Å². The van der Waals surface area contributed by atoms with Crippen LogP contribution < -0.4 is 5.73 Å². The van der Waals surface area contributed by atoms with E-state index >= 15 is 0 Å². The van der Waals surface area contributed by atoms with Gasteiger partial charge < -0.3 is 5.73 Å². The minimum Gasteiger partial charge on any atom is -0.325 e. The van der Waals surface area contributed by atoms with Gasteiger partial charge in [-0.2, -0.15) is 0 Å². The lowest BCUT2D eigenvalue weighted by atomic mass is 9.99. The van der Waals surface area contributed by atoms with Crippen LogP contribution in [0, 0.1) is 5.82 Å². The van der Waals surface area contributed by atoms with Crippen molar-refractivity contribution in [2.45, 2.75) is 6.54 Å². The minimum absolute atomic E-state index is 0.257. The van der Waals surface area contributed by atoms with E-state index in [9.17, 15) is 4.39 Å². The molecule has 2 N–H and O–H groups in total. The molecular formula is C16H12ClFN2. The number of benzene rings is 2. The number of hydrogen-bond acceptors (Lipinski definition) is 2. The van der Waals surface area contributed by atoms with Crippen molar-refractivity contribution < 1.29 is 4.39 Å². The van der Waals surface area contributed by atoms with E-state index < -0.39 is 0 Å². The molecule has 0 unspecified atom stereocenters. The van der Waals surface area contributed by atoms with Gasteiger partial charge in [0.25, 0.3) is 0 Å². The summed E-state index contributed by atoms with van der Waals surface area (Å²) in [6.07, 6.45) is 1.77. The molecule has 3 rings (SSSR count). The molecule has 0 saturated heterocycles. The van der Waals surface area contributed by atoms with Crippen LogP contribution in [0.4, 0.5) is 4.39 Å². The van der Waals surface area contributed by atoms with Gasteiger partial charge in [-0.05, 0) is 35.2 Å². The molecule has 0 radical (unpaired) electrons. The molecular weight excluding hydrogens is 275 g/mol. The molecule has 1 heterocycles. The number of rotatable bonds is 2. The van der Waals surface area contributed by atoms with Crippen molar-refractivity contribution in [3.8, 4) is 11.1 Å². The van der Waals surface area contributed by atoms with E-state index in [2.05, 4.69) is 4.98 Å². The van der Waals surface area contributed by atoms with Crippen molar-refractivity contribution in [3.05, 3.63) is 65.2 Å². The van der Waals surface area contributed by atoms with Gasteiger partial charge in [0, 0.05) is 28.7 Å². The van der Waals surface area contributed by atoms with Crippen LogP contribution in [0.25, 0.3) is 21.9 Å². The van der Waals surface area contributed by atoms with Crippen LogP contribution in [0.1, 0.15) is 5.69 Å². The number of aromatic nitrogens is 1. The second kappa shape index (κ2) is 5.19. The molecule has 0 bridgehead atoms. The fourth-order valence-corrected chi connectivity index (χ4v) is 2.47. The van der Waals surface area contributed by atoms with E-state index in [1.807, 2.05) is 18.2 Å². The largest absolute Gasteiger partial charge is 0.325 e. The molecule has 3 aromatic rings. The van der Waals surface area contributed by atoms with Gasteiger partial charge in [-0.15, -0.1) is 0 Å². The zero-order valence-corrected chi connectivity index (χ0v) is 11.4. The lowest BCUT2D eigenvalue weighted by molar-refractivity contribution is 0.628. The molecule has 2 aromatic carbocycles. The van der Waals surface area contributed by atoms with Crippen LogP contribution in [-0.4, -0.2) is 4.98 Å². The lowest BCUT2D eigenvalue weighted by Crippen LogP contribution is -2.01. The topological polar surface area (TPSA) is 38.9 Å². The van der Waals surface area contributed by atoms with Crippen molar-refractivity contribution in [1.82, 2.24) is 4.98 Å². The van der Waals surface area contributed by atoms with Gasteiger partial charge in [0.15, 0.2) is 0 Å². The van der Waals surface area contributed by atoms with Gasteiger partial charge in [-0.1, -0.05) is 29.8 Å². The maximum atomic E-state index is 13.0. The summed E-state index contributed by atoms with van der Waals surface area (Å²) in [5.41, 5.74) is 8.37. The number of pyridine rings is 1. The molecule has 0 spiro atoms. The number of halogens is 2. The Labute approximate surface area is 121 Å². The Bertz CT molecular complexity index is 769. The van der Waals surface area contributed by atoms with Crippen molar-refractivity contribution in [2.24, 2.45) is 5.73 Å². The third-order valence-corrected chi connectivity index (χ3v) is 3.52. The molecule has 0 aliphatic rings. The average Bonchev–Trinajstić information content (AvgIpc) is 2.47. The molecule has 0 aliphatic heterocycles. The third-order valence-electron chi connectivity index (χ3n) is 3.28. The highest BCUT2D eigenvalue weighted by molar-refractivity contribution is 6.31. The van der Waals surface area contributed by atoms with Crippen molar-refractivity contribution in [3.63, 3.8) is 0 Å². The normalized spacial score (nSPS) is 10.9. The number of hydrogen-bond donors (Lipinski definition) is 1. The Hall–Kier alpha value is -1.97. The molecule has 0 fully saturated rings. The molecule has 20 heavy (non-hydrogen) atoms. The fraction of sp³-hybridized carbons (Fsp3) is 0.0625. The highest BCUT2D eigenvalue weighted by atomic mass is 35.5. The summed E-state index contributed by atoms with van der Waals surface area (Å²) in [5.74, 6) is -0.257. The number of fused-ring (bicyclic) bond motifs is 1. The Morgan fingerprint density at radius 2 is 1.80 bits per heavy atom. The first-order valence-electron chi connectivity index (χ1n) is 6.22. The first-order chi connectivity index (χ1) is 9.69. The van der Waals surface area contributed by atoms with Crippen molar-refractivity contribution in [2.75, 3.05) is 0 Å². The summed E-state index contributed by atoms with van der Waals surface area (Å²) in [6, 6.07) is 12.0. The molecule has 1 aromatic heterocycles. The molecule has 2 nitrogen and oxygen atoms in total. The predicted molar refractivity (Wildman–Crippen MR) is 80.0 cm³/mol. The Kier molecular flexibility index (Phi) is 3.38. The highest BCUT2D eigenvalue weighted by Crippen LogP contribution is 2.31. The van der Waals surface area contributed by atoms with E-state index in [1.54, 1.807) is 18.3 Å². The standard InChI is InChI=1S/C16H12ClFN2/c17-11-3-6-13-14(7-11)16(8-19)20-9-15(13)10-1-4-12(18)5-2-10/h1-7,9H,8,19H2. The molecule has 0 atom stereocenters. The SMILES string of the molecule is NCc1ncc(-c2ccc(F)cc2)c2ccc(Cl)cc12. The Morgan fingerprint density at radius 3 is 2.50 bits per heavy atom. The maximum Gasteiger partial charge on any atom is 0.123 e. The zero-order chi connectivity index (χ0) is 14.1. The first-order valence-corrected chi connectivity index (χ1v) is 6.60. The van der Waals surface area contributed by atoms with Crippen LogP contribution in [0.15, 0.2) is 48.7 Å². The quantitative estimate of drug-likeness (QED) is 0.768. The van der Waals surface area contributed by atoms with Crippen LogP contribution in [0.2, 0.25) is 5.02 Å². The number of nitrogens with two attached hydrogens (primary N) is 1.